The molecule has 1 heterocycles. The second-order valence-electron chi connectivity index (χ2n) is 3.40. The van der Waals surface area contributed by atoms with Gasteiger partial charge in [-0.1, -0.05) is 24.3 Å². The van der Waals surface area contributed by atoms with Crippen LogP contribution >= 0.6 is 0 Å². The maximum Gasteiger partial charge on any atom is 0.286 e. The fraction of sp³-hybridized carbons (Fsp3) is 0.273. The van der Waals surface area contributed by atoms with Crippen LogP contribution in [0.25, 0.3) is 0 Å². The lowest BCUT2D eigenvalue weighted by Crippen LogP contribution is -2.36. The molecule has 0 radical (unpaired) electrons. The third-order valence-electron chi connectivity index (χ3n) is 2.54. The van der Waals surface area contributed by atoms with Crippen molar-refractivity contribution >= 4 is 12.2 Å². The Morgan fingerprint density at radius 3 is 2.71 bits per heavy atom. The molecular weight excluding hydrogens is 178 g/mol. The fourth-order valence-electron chi connectivity index (χ4n) is 1.76. The lowest BCUT2D eigenvalue weighted by Gasteiger charge is -2.26. The van der Waals surface area contributed by atoms with Gasteiger partial charge in [0.25, 0.3) is 5.91 Å². The van der Waals surface area contributed by atoms with Crippen molar-refractivity contribution in [3.63, 3.8) is 0 Å². The summed E-state index contributed by atoms with van der Waals surface area (Å²) in [6.07, 6.45) is 1.23. The first kappa shape index (κ1) is 8.94. The van der Waals surface area contributed by atoms with Gasteiger partial charge in [-0.05, 0) is 17.5 Å². The number of aldehydes is 1. The predicted molar refractivity (Wildman–Crippen MR) is 51.6 cm³/mol. The summed E-state index contributed by atoms with van der Waals surface area (Å²) in [7, 11) is 0. The van der Waals surface area contributed by atoms with Gasteiger partial charge in [-0.3, -0.25) is 9.59 Å². The number of hydrogen-bond acceptors (Lipinski definition) is 2. The highest BCUT2D eigenvalue weighted by Gasteiger charge is 2.19. The summed E-state index contributed by atoms with van der Waals surface area (Å²) < 4.78 is 0. The van der Waals surface area contributed by atoms with Gasteiger partial charge in [0.1, 0.15) is 0 Å². The van der Waals surface area contributed by atoms with Gasteiger partial charge < -0.3 is 4.90 Å². The molecule has 2 rings (SSSR count). The van der Waals surface area contributed by atoms with Crippen LogP contribution in [0.1, 0.15) is 11.1 Å². The Kier molecular flexibility index (Phi) is 2.31. The van der Waals surface area contributed by atoms with Gasteiger partial charge in [0.2, 0.25) is 6.29 Å². The predicted octanol–water partition coefficient (Wildman–Crippen LogP) is 0.770. The van der Waals surface area contributed by atoms with E-state index < -0.39 is 5.91 Å². The van der Waals surface area contributed by atoms with Crippen molar-refractivity contribution in [1.29, 1.82) is 0 Å². The lowest BCUT2D eigenvalue weighted by molar-refractivity contribution is -0.139. The van der Waals surface area contributed by atoms with E-state index >= 15 is 0 Å². The van der Waals surface area contributed by atoms with Gasteiger partial charge in [-0.15, -0.1) is 0 Å². The Bertz CT molecular complexity index is 373. The van der Waals surface area contributed by atoms with E-state index in [0.29, 0.717) is 19.4 Å². The van der Waals surface area contributed by atoms with Gasteiger partial charge in [0.15, 0.2) is 0 Å². The van der Waals surface area contributed by atoms with Crippen molar-refractivity contribution in [2.45, 2.75) is 13.0 Å². The van der Waals surface area contributed by atoms with Gasteiger partial charge in [0, 0.05) is 13.1 Å². The van der Waals surface area contributed by atoms with Crippen LogP contribution in [0, 0.1) is 0 Å². The molecule has 1 amide bonds. The molecule has 1 aliphatic rings. The van der Waals surface area contributed by atoms with Crippen molar-refractivity contribution in [3.8, 4) is 0 Å². The number of fused-ring (bicyclic) bond motifs is 1. The molecule has 0 saturated heterocycles. The summed E-state index contributed by atoms with van der Waals surface area (Å²) in [4.78, 5) is 23.0. The zero-order chi connectivity index (χ0) is 9.97. The van der Waals surface area contributed by atoms with Crippen molar-refractivity contribution < 1.29 is 9.59 Å². The van der Waals surface area contributed by atoms with E-state index in [0.717, 1.165) is 12.0 Å². The molecule has 1 aromatic carbocycles. The van der Waals surface area contributed by atoms with Gasteiger partial charge in [-0.25, -0.2) is 0 Å². The van der Waals surface area contributed by atoms with Crippen molar-refractivity contribution in [2.75, 3.05) is 6.54 Å². The summed E-state index contributed by atoms with van der Waals surface area (Å²) in [5.41, 5.74) is 2.43. The topological polar surface area (TPSA) is 37.4 Å². The quantitative estimate of drug-likeness (QED) is 0.483. The van der Waals surface area contributed by atoms with E-state index in [1.807, 2.05) is 18.2 Å². The first-order valence-corrected chi connectivity index (χ1v) is 4.62. The van der Waals surface area contributed by atoms with Crippen LogP contribution in [0.15, 0.2) is 24.3 Å². The number of carbonyl (C=O) groups excluding carboxylic acids is 2. The Labute approximate surface area is 82.3 Å². The molecule has 72 valence electrons. The monoisotopic (exact) mass is 189 g/mol. The van der Waals surface area contributed by atoms with Crippen LogP contribution in [0.4, 0.5) is 0 Å². The Morgan fingerprint density at radius 2 is 2.00 bits per heavy atom. The molecule has 0 N–H and O–H groups in total. The van der Waals surface area contributed by atoms with Crippen molar-refractivity contribution in [2.24, 2.45) is 0 Å². The normalized spacial score (nSPS) is 14.7. The summed E-state index contributed by atoms with van der Waals surface area (Å²) in [6, 6.07) is 8.02. The number of nitrogens with zero attached hydrogens (tertiary/aromatic N) is 1. The molecule has 0 unspecified atom stereocenters. The number of hydrogen-bond donors (Lipinski definition) is 0. The van der Waals surface area contributed by atoms with E-state index in [2.05, 4.69) is 6.07 Å². The minimum Gasteiger partial charge on any atom is -0.332 e. The van der Waals surface area contributed by atoms with E-state index in [1.54, 1.807) is 4.90 Å². The van der Waals surface area contributed by atoms with E-state index in [1.165, 1.54) is 5.56 Å². The molecule has 14 heavy (non-hydrogen) atoms. The molecule has 0 atom stereocenters. The van der Waals surface area contributed by atoms with Crippen molar-refractivity contribution in [1.82, 2.24) is 4.90 Å². The zero-order valence-corrected chi connectivity index (χ0v) is 7.77. The first-order chi connectivity index (χ1) is 6.81. The largest absolute Gasteiger partial charge is 0.332 e. The molecule has 0 saturated carbocycles. The Hall–Kier alpha value is -1.64. The van der Waals surface area contributed by atoms with Crippen LogP contribution in [0.3, 0.4) is 0 Å². The van der Waals surface area contributed by atoms with E-state index in [-0.39, 0.29) is 0 Å². The second-order valence-corrected chi connectivity index (χ2v) is 3.40. The molecule has 0 bridgehead atoms. The molecule has 0 spiro atoms. The number of carbonyl (C=O) groups is 2. The third-order valence-corrected chi connectivity index (χ3v) is 2.54. The second kappa shape index (κ2) is 3.62. The average molecular weight is 189 g/mol. The van der Waals surface area contributed by atoms with Crippen LogP contribution in [-0.4, -0.2) is 23.6 Å². The van der Waals surface area contributed by atoms with E-state index in [9.17, 15) is 9.59 Å². The smallest absolute Gasteiger partial charge is 0.286 e. The minimum atomic E-state index is -0.417. The number of benzene rings is 1. The molecule has 3 heteroatoms. The molecule has 3 nitrogen and oxygen atoms in total. The van der Waals surface area contributed by atoms with Crippen LogP contribution < -0.4 is 0 Å². The highest BCUT2D eigenvalue weighted by atomic mass is 16.2. The zero-order valence-electron chi connectivity index (χ0n) is 7.77. The SMILES string of the molecule is O=CC(=O)N1CCc2ccccc2C1. The number of rotatable bonds is 1. The molecular formula is C11H11NO2. The van der Waals surface area contributed by atoms with Gasteiger partial charge >= 0.3 is 0 Å². The van der Waals surface area contributed by atoms with Crippen molar-refractivity contribution in [3.05, 3.63) is 35.4 Å². The summed E-state index contributed by atoms with van der Waals surface area (Å²) in [5.74, 6) is -0.417. The summed E-state index contributed by atoms with van der Waals surface area (Å²) >= 11 is 0. The highest BCUT2D eigenvalue weighted by molar-refractivity contribution is 6.23. The molecule has 1 aliphatic heterocycles. The van der Waals surface area contributed by atoms with E-state index in [4.69, 9.17) is 0 Å². The molecule has 0 aliphatic carbocycles. The summed E-state index contributed by atoms with van der Waals surface area (Å²) in [5, 5.41) is 0. The summed E-state index contributed by atoms with van der Waals surface area (Å²) in [6.45, 7) is 1.21. The van der Waals surface area contributed by atoms with Gasteiger partial charge in [0.05, 0.1) is 0 Å². The van der Waals surface area contributed by atoms with Crippen LogP contribution in [0.2, 0.25) is 0 Å². The van der Waals surface area contributed by atoms with Gasteiger partial charge in [-0.2, -0.15) is 0 Å². The van der Waals surface area contributed by atoms with Crippen LogP contribution in [0.5, 0.6) is 0 Å². The average Bonchev–Trinajstić information content (AvgIpc) is 2.27. The molecule has 1 aromatic rings. The Morgan fingerprint density at radius 1 is 1.29 bits per heavy atom. The maximum absolute atomic E-state index is 11.1. The third kappa shape index (κ3) is 1.53. The maximum atomic E-state index is 11.1. The first-order valence-electron chi connectivity index (χ1n) is 4.62. The molecule has 0 fully saturated rings. The standard InChI is InChI=1S/C11H11NO2/c13-8-11(14)12-6-5-9-3-1-2-4-10(9)7-12/h1-4,8H,5-7H2. The van der Waals surface area contributed by atoms with Crippen LogP contribution in [-0.2, 0) is 22.6 Å². The minimum absolute atomic E-state index is 0.383. The highest BCUT2D eigenvalue weighted by Crippen LogP contribution is 2.17. The molecule has 0 aromatic heterocycles. The Balaban J connectivity index is 2.21. The number of amides is 1. The lowest BCUT2D eigenvalue weighted by atomic mass is 10.00. The fourth-order valence-corrected chi connectivity index (χ4v) is 1.76.